The summed E-state index contributed by atoms with van der Waals surface area (Å²) in [4.78, 5) is 88.3. The van der Waals surface area contributed by atoms with E-state index in [0.29, 0.717) is 13.0 Å². The zero-order valence-corrected chi connectivity index (χ0v) is 27.2. The molecule has 1 rings (SSSR count). The summed E-state index contributed by atoms with van der Waals surface area (Å²) in [6.07, 6.45) is -0.687. The number of aliphatic hydroxyl groups excluding tert-OH is 1. The summed E-state index contributed by atoms with van der Waals surface area (Å²) >= 11 is 0. The molecule has 1 aliphatic heterocycles. The average Bonchev–Trinajstić information content (AvgIpc) is 3.55. The lowest BCUT2D eigenvalue weighted by atomic mass is 10.1. The SMILES string of the molecule is C[C@@H](O)[C@H](NC(=O)[C@@H]1CCCN1)C(=O)N[C@@H](CCCNC(=N)N)C(=O)N[C@@H](CC(N)=O)C(=O)N[C@@H](CCCNC(=N)N)C(=O)NCC(=O)O. The van der Waals surface area contributed by atoms with Gasteiger partial charge in [0.15, 0.2) is 11.9 Å². The molecular formula is C27H49N13O9. The molecule has 0 aromatic rings. The van der Waals surface area contributed by atoms with Gasteiger partial charge >= 0.3 is 5.97 Å². The predicted molar refractivity (Wildman–Crippen MR) is 173 cm³/mol. The Hall–Kier alpha value is -5.25. The van der Waals surface area contributed by atoms with Gasteiger partial charge in [-0.2, -0.15) is 0 Å². The number of nitrogens with two attached hydrogens (primary N) is 3. The maximum absolute atomic E-state index is 13.5. The van der Waals surface area contributed by atoms with Crippen molar-refractivity contribution in [1.29, 1.82) is 10.8 Å². The zero-order chi connectivity index (χ0) is 37.1. The number of carboxylic acids is 1. The van der Waals surface area contributed by atoms with E-state index >= 15 is 0 Å². The molecule has 0 aromatic carbocycles. The number of rotatable bonds is 22. The molecule has 1 fully saturated rings. The molecule has 6 atom stereocenters. The van der Waals surface area contributed by atoms with Crippen molar-refractivity contribution in [3.63, 3.8) is 0 Å². The van der Waals surface area contributed by atoms with Crippen LogP contribution in [0, 0.1) is 10.8 Å². The maximum atomic E-state index is 13.5. The van der Waals surface area contributed by atoms with Gasteiger partial charge in [-0.15, -0.1) is 0 Å². The number of hydrogen-bond acceptors (Lipinski definition) is 11. The Balaban J connectivity index is 3.18. The number of primary amides is 1. The van der Waals surface area contributed by atoms with Gasteiger partial charge in [0.05, 0.1) is 18.6 Å². The first-order chi connectivity index (χ1) is 23.0. The molecule has 1 saturated heterocycles. The first kappa shape index (κ1) is 41.8. The van der Waals surface area contributed by atoms with Crippen molar-refractivity contribution in [2.24, 2.45) is 17.2 Å². The van der Waals surface area contributed by atoms with Gasteiger partial charge < -0.3 is 69.9 Å². The molecule has 1 aliphatic rings. The van der Waals surface area contributed by atoms with E-state index in [4.69, 9.17) is 33.1 Å². The number of aliphatic hydroxyl groups is 1. The van der Waals surface area contributed by atoms with Gasteiger partial charge in [-0.3, -0.25) is 44.4 Å². The molecule has 0 aliphatic carbocycles. The summed E-state index contributed by atoms with van der Waals surface area (Å²) in [6, 6.07) is -6.44. The molecule has 0 aromatic heterocycles. The fourth-order valence-electron chi connectivity index (χ4n) is 4.67. The van der Waals surface area contributed by atoms with Crippen LogP contribution in [0.4, 0.5) is 0 Å². The van der Waals surface area contributed by atoms with Crippen LogP contribution in [0.5, 0.6) is 0 Å². The number of nitrogens with one attached hydrogen (secondary N) is 10. The first-order valence-electron chi connectivity index (χ1n) is 15.6. The average molecular weight is 700 g/mol. The molecule has 0 bridgehead atoms. The van der Waals surface area contributed by atoms with Gasteiger partial charge in [-0.1, -0.05) is 0 Å². The number of guanidine groups is 2. The molecule has 0 unspecified atom stereocenters. The van der Waals surface area contributed by atoms with Crippen LogP contribution in [-0.4, -0.2) is 126 Å². The Morgan fingerprint density at radius 1 is 0.776 bits per heavy atom. The number of carbonyl (C=O) groups excluding carboxylic acids is 6. The van der Waals surface area contributed by atoms with Crippen LogP contribution in [0.3, 0.4) is 0 Å². The normalized spacial score (nSPS) is 16.7. The third-order valence-electron chi connectivity index (χ3n) is 7.13. The Morgan fingerprint density at radius 3 is 1.76 bits per heavy atom. The molecule has 6 amide bonds. The van der Waals surface area contributed by atoms with Crippen molar-refractivity contribution < 1.29 is 43.8 Å². The third kappa shape index (κ3) is 16.9. The monoisotopic (exact) mass is 699 g/mol. The summed E-state index contributed by atoms with van der Waals surface area (Å²) in [6.45, 7) is 1.34. The van der Waals surface area contributed by atoms with Gasteiger partial charge in [-0.25, -0.2) is 0 Å². The minimum Gasteiger partial charge on any atom is -0.480 e. The second-order valence-corrected chi connectivity index (χ2v) is 11.3. The molecule has 276 valence electrons. The lowest BCUT2D eigenvalue weighted by Gasteiger charge is -2.27. The van der Waals surface area contributed by atoms with E-state index in [1.807, 2.05) is 0 Å². The van der Waals surface area contributed by atoms with Crippen molar-refractivity contribution in [2.75, 3.05) is 26.2 Å². The molecule has 0 saturated carbocycles. The van der Waals surface area contributed by atoms with Crippen molar-refractivity contribution in [2.45, 2.75) is 88.2 Å². The van der Waals surface area contributed by atoms with Crippen LogP contribution in [0.1, 0.15) is 51.9 Å². The van der Waals surface area contributed by atoms with Crippen LogP contribution in [-0.2, 0) is 33.6 Å². The first-order valence-corrected chi connectivity index (χ1v) is 15.6. The minimum absolute atomic E-state index is 0.0701. The van der Waals surface area contributed by atoms with E-state index in [-0.39, 0.29) is 50.7 Å². The fraction of sp³-hybridized carbons (Fsp3) is 0.667. The highest BCUT2D eigenvalue weighted by molar-refractivity contribution is 5.97. The van der Waals surface area contributed by atoms with E-state index in [2.05, 4.69) is 42.5 Å². The number of carboxylic acid groups (broad SMARTS) is 1. The molecule has 0 spiro atoms. The second kappa shape index (κ2) is 21.6. The van der Waals surface area contributed by atoms with Crippen molar-refractivity contribution >= 4 is 53.3 Å². The molecular weight excluding hydrogens is 650 g/mol. The van der Waals surface area contributed by atoms with E-state index in [1.165, 1.54) is 6.92 Å². The molecule has 49 heavy (non-hydrogen) atoms. The quantitative estimate of drug-likeness (QED) is 0.0284. The number of carbonyl (C=O) groups is 7. The Kier molecular flexibility index (Phi) is 18.4. The van der Waals surface area contributed by atoms with Crippen molar-refractivity contribution in [3.8, 4) is 0 Å². The van der Waals surface area contributed by atoms with Crippen LogP contribution in [0.2, 0.25) is 0 Å². The van der Waals surface area contributed by atoms with Gasteiger partial charge in [0.25, 0.3) is 0 Å². The summed E-state index contributed by atoms with van der Waals surface area (Å²) in [5.41, 5.74) is 15.9. The second-order valence-electron chi connectivity index (χ2n) is 11.3. The van der Waals surface area contributed by atoms with Crippen LogP contribution in [0.25, 0.3) is 0 Å². The Bertz CT molecular complexity index is 1210. The zero-order valence-electron chi connectivity index (χ0n) is 27.2. The number of aliphatic carboxylic acids is 1. The Labute approximate surface area is 282 Å². The lowest BCUT2D eigenvalue weighted by Crippen LogP contribution is -2.61. The summed E-state index contributed by atoms with van der Waals surface area (Å²) < 4.78 is 0. The van der Waals surface area contributed by atoms with Crippen molar-refractivity contribution in [3.05, 3.63) is 0 Å². The fourth-order valence-corrected chi connectivity index (χ4v) is 4.67. The van der Waals surface area contributed by atoms with E-state index in [1.54, 1.807) is 0 Å². The van der Waals surface area contributed by atoms with Gasteiger partial charge in [0, 0.05) is 13.1 Å². The smallest absolute Gasteiger partial charge is 0.322 e. The standard InChI is InChI=1S/C27H49N13O9/c1-13(41)20(40-22(46)14-5-2-8-33-14)25(49)38-16(7-4-10-35-27(31)32)23(47)39-17(11-18(28)42)24(48)37-15(6-3-9-34-26(29)30)21(45)36-12-19(43)44/h13-17,20,33,41H,2-12H2,1H3,(H2,28,42)(H,36,45)(H,37,48)(H,38,49)(H,39,47)(H,40,46)(H,43,44)(H4,29,30,34)(H4,31,32,35)/t13-,14+,15+,16+,17+,20+/m1/s1. The maximum Gasteiger partial charge on any atom is 0.322 e. The lowest BCUT2D eigenvalue weighted by molar-refractivity contribution is -0.139. The number of hydrogen-bond donors (Lipinski definition) is 15. The van der Waals surface area contributed by atoms with Gasteiger partial charge in [0.1, 0.15) is 30.7 Å². The molecule has 1 heterocycles. The minimum atomic E-state index is -1.66. The van der Waals surface area contributed by atoms with E-state index < -0.39 is 90.7 Å². The van der Waals surface area contributed by atoms with Gasteiger partial charge in [0.2, 0.25) is 35.4 Å². The summed E-state index contributed by atoms with van der Waals surface area (Å²) in [7, 11) is 0. The summed E-state index contributed by atoms with van der Waals surface area (Å²) in [5.74, 6) is -7.40. The topological polar surface area (TPSA) is 382 Å². The van der Waals surface area contributed by atoms with Crippen LogP contribution < -0.4 is 59.7 Å². The highest BCUT2D eigenvalue weighted by atomic mass is 16.4. The molecule has 22 heteroatoms. The largest absolute Gasteiger partial charge is 0.480 e. The van der Waals surface area contributed by atoms with Crippen molar-refractivity contribution in [1.82, 2.24) is 42.5 Å². The molecule has 0 radical (unpaired) electrons. The van der Waals surface area contributed by atoms with Crippen LogP contribution >= 0.6 is 0 Å². The molecule has 18 N–H and O–H groups in total. The highest BCUT2D eigenvalue weighted by Gasteiger charge is 2.34. The predicted octanol–water partition coefficient (Wildman–Crippen LogP) is -6.34. The van der Waals surface area contributed by atoms with Crippen LogP contribution in [0.15, 0.2) is 0 Å². The third-order valence-corrected chi connectivity index (χ3v) is 7.13. The van der Waals surface area contributed by atoms with E-state index in [9.17, 15) is 38.7 Å². The van der Waals surface area contributed by atoms with E-state index in [0.717, 1.165) is 6.42 Å². The molecule has 22 nitrogen and oxygen atoms in total. The van der Waals surface area contributed by atoms with Gasteiger partial charge in [-0.05, 0) is 52.0 Å². The Morgan fingerprint density at radius 2 is 1.29 bits per heavy atom. The summed E-state index contributed by atoms with van der Waals surface area (Å²) in [5, 5.41) is 53.5. The number of amides is 6. The highest BCUT2D eigenvalue weighted by Crippen LogP contribution is 2.08.